The lowest BCUT2D eigenvalue weighted by atomic mass is 10.1. The first-order chi connectivity index (χ1) is 8.79. The van der Waals surface area contributed by atoms with E-state index in [0.29, 0.717) is 18.4 Å². The second-order valence-electron chi connectivity index (χ2n) is 5.07. The van der Waals surface area contributed by atoms with E-state index in [2.05, 4.69) is 4.72 Å². The standard InChI is InChI=1S/C13H16ClNO3S/c1-8(2)19(17,18)15-12-6-9-3-4-10(13(14)16)5-11(9)7-12/h3-5,8,12,15H,6-7H2,1-2H3/t12-/m0/s1. The smallest absolute Gasteiger partial charge is 0.252 e. The molecule has 1 aliphatic carbocycles. The fourth-order valence-electron chi connectivity index (χ4n) is 2.19. The fourth-order valence-corrected chi connectivity index (χ4v) is 3.21. The molecule has 0 saturated carbocycles. The zero-order valence-electron chi connectivity index (χ0n) is 10.8. The van der Waals surface area contributed by atoms with Gasteiger partial charge in [0.1, 0.15) is 0 Å². The monoisotopic (exact) mass is 301 g/mol. The quantitative estimate of drug-likeness (QED) is 0.864. The summed E-state index contributed by atoms with van der Waals surface area (Å²) in [5, 5.41) is -0.940. The predicted octanol–water partition coefficient (Wildman–Crippen LogP) is 1.86. The number of hydrogen-bond acceptors (Lipinski definition) is 3. The number of sulfonamides is 1. The van der Waals surface area contributed by atoms with Crippen LogP contribution in [0.3, 0.4) is 0 Å². The topological polar surface area (TPSA) is 63.2 Å². The van der Waals surface area contributed by atoms with Crippen LogP contribution in [-0.4, -0.2) is 25.0 Å². The fraction of sp³-hybridized carbons (Fsp3) is 0.462. The summed E-state index contributed by atoms with van der Waals surface area (Å²) in [6, 6.07) is 5.12. The number of carbonyl (C=O) groups is 1. The summed E-state index contributed by atoms with van der Waals surface area (Å²) < 4.78 is 26.4. The minimum Gasteiger partial charge on any atom is -0.276 e. The van der Waals surface area contributed by atoms with Gasteiger partial charge in [0.15, 0.2) is 0 Å². The molecule has 6 heteroatoms. The maximum atomic E-state index is 11.8. The Morgan fingerprint density at radius 2 is 1.95 bits per heavy atom. The van der Waals surface area contributed by atoms with Crippen LogP contribution in [0.1, 0.15) is 35.3 Å². The first-order valence-corrected chi connectivity index (χ1v) is 8.05. The van der Waals surface area contributed by atoms with E-state index < -0.39 is 20.5 Å². The van der Waals surface area contributed by atoms with Gasteiger partial charge in [-0.1, -0.05) is 6.07 Å². The van der Waals surface area contributed by atoms with E-state index >= 15 is 0 Å². The van der Waals surface area contributed by atoms with Crippen molar-refractivity contribution in [3.63, 3.8) is 0 Å². The van der Waals surface area contributed by atoms with E-state index in [1.807, 2.05) is 6.07 Å². The molecule has 0 bridgehead atoms. The Balaban J connectivity index is 2.15. The average Bonchev–Trinajstić information content (AvgIpc) is 2.68. The Kier molecular flexibility index (Phi) is 3.99. The molecule has 0 fully saturated rings. The van der Waals surface area contributed by atoms with Crippen molar-refractivity contribution in [1.29, 1.82) is 0 Å². The lowest BCUT2D eigenvalue weighted by Crippen LogP contribution is -2.39. The number of rotatable bonds is 4. The van der Waals surface area contributed by atoms with Crippen molar-refractivity contribution < 1.29 is 13.2 Å². The Morgan fingerprint density at radius 3 is 2.53 bits per heavy atom. The van der Waals surface area contributed by atoms with E-state index in [4.69, 9.17) is 11.6 Å². The van der Waals surface area contributed by atoms with E-state index in [1.165, 1.54) is 0 Å². The molecule has 0 radical (unpaired) electrons. The second-order valence-corrected chi connectivity index (χ2v) is 7.69. The molecule has 1 aromatic rings. The van der Waals surface area contributed by atoms with Gasteiger partial charge in [0.05, 0.1) is 5.25 Å². The molecule has 0 unspecified atom stereocenters. The number of halogens is 1. The van der Waals surface area contributed by atoms with Gasteiger partial charge in [-0.05, 0) is 61.5 Å². The number of nitrogens with one attached hydrogen (secondary N) is 1. The van der Waals surface area contributed by atoms with Gasteiger partial charge < -0.3 is 0 Å². The lowest BCUT2D eigenvalue weighted by molar-refractivity contribution is 0.108. The molecule has 1 aliphatic rings. The molecule has 19 heavy (non-hydrogen) atoms. The van der Waals surface area contributed by atoms with Crippen molar-refractivity contribution in [3.8, 4) is 0 Å². The van der Waals surface area contributed by atoms with E-state index in [0.717, 1.165) is 11.1 Å². The maximum Gasteiger partial charge on any atom is 0.252 e. The van der Waals surface area contributed by atoms with Crippen molar-refractivity contribution in [2.24, 2.45) is 0 Å². The van der Waals surface area contributed by atoms with Crippen molar-refractivity contribution in [1.82, 2.24) is 4.72 Å². The SMILES string of the molecule is CC(C)S(=O)(=O)N[C@H]1Cc2ccc(C(=O)Cl)cc2C1. The third kappa shape index (κ3) is 3.16. The van der Waals surface area contributed by atoms with Gasteiger partial charge in [0, 0.05) is 11.6 Å². The highest BCUT2D eigenvalue weighted by Crippen LogP contribution is 2.24. The van der Waals surface area contributed by atoms with Crippen molar-refractivity contribution in [2.45, 2.75) is 38.0 Å². The minimum atomic E-state index is -3.27. The first-order valence-electron chi connectivity index (χ1n) is 6.12. The summed E-state index contributed by atoms with van der Waals surface area (Å²) >= 11 is 5.44. The number of benzene rings is 1. The van der Waals surface area contributed by atoms with E-state index in [-0.39, 0.29) is 6.04 Å². The number of carbonyl (C=O) groups excluding carboxylic acids is 1. The number of fused-ring (bicyclic) bond motifs is 1. The Morgan fingerprint density at radius 1 is 1.32 bits per heavy atom. The normalized spacial score (nSPS) is 18.6. The van der Waals surface area contributed by atoms with Crippen LogP contribution in [0.4, 0.5) is 0 Å². The van der Waals surface area contributed by atoms with Gasteiger partial charge in [0.25, 0.3) is 5.24 Å². The van der Waals surface area contributed by atoms with Crippen LogP contribution < -0.4 is 4.72 Å². The highest BCUT2D eigenvalue weighted by molar-refractivity contribution is 7.90. The molecule has 104 valence electrons. The minimum absolute atomic E-state index is 0.136. The van der Waals surface area contributed by atoms with Crippen LogP contribution in [0.15, 0.2) is 18.2 Å². The summed E-state index contributed by atoms with van der Waals surface area (Å²) in [5.74, 6) is 0. The molecule has 1 atom stereocenters. The van der Waals surface area contributed by atoms with Gasteiger partial charge in [0.2, 0.25) is 10.0 Å². The zero-order chi connectivity index (χ0) is 14.2. The molecule has 4 nitrogen and oxygen atoms in total. The summed E-state index contributed by atoms with van der Waals surface area (Å²) in [7, 11) is -3.27. The van der Waals surface area contributed by atoms with E-state index in [9.17, 15) is 13.2 Å². The molecule has 0 spiro atoms. The summed E-state index contributed by atoms with van der Waals surface area (Å²) in [6.45, 7) is 3.30. The maximum absolute atomic E-state index is 11.8. The summed E-state index contributed by atoms with van der Waals surface area (Å²) in [5.41, 5.74) is 2.51. The van der Waals surface area contributed by atoms with Gasteiger partial charge in [-0.2, -0.15) is 0 Å². The Hall–Kier alpha value is -0.910. The predicted molar refractivity (Wildman–Crippen MR) is 75.0 cm³/mol. The Bertz CT molecular complexity index is 610. The lowest BCUT2D eigenvalue weighted by Gasteiger charge is -2.14. The van der Waals surface area contributed by atoms with Crippen LogP contribution >= 0.6 is 11.6 Å². The molecule has 1 aromatic carbocycles. The van der Waals surface area contributed by atoms with Gasteiger partial charge in [-0.15, -0.1) is 0 Å². The molecule has 0 aliphatic heterocycles. The summed E-state index contributed by atoms with van der Waals surface area (Å²) in [4.78, 5) is 11.1. The molecule has 0 aromatic heterocycles. The molecule has 2 rings (SSSR count). The first kappa shape index (κ1) is 14.5. The van der Waals surface area contributed by atoms with Crippen LogP contribution in [0, 0.1) is 0 Å². The third-order valence-electron chi connectivity index (χ3n) is 3.32. The molecule has 0 heterocycles. The van der Waals surface area contributed by atoms with E-state index in [1.54, 1.807) is 26.0 Å². The summed E-state index contributed by atoms with van der Waals surface area (Å²) in [6.07, 6.45) is 1.25. The third-order valence-corrected chi connectivity index (χ3v) is 5.44. The van der Waals surface area contributed by atoms with Crippen molar-refractivity contribution >= 4 is 26.9 Å². The average molecular weight is 302 g/mol. The van der Waals surface area contributed by atoms with Crippen LogP contribution in [0.2, 0.25) is 0 Å². The van der Waals surface area contributed by atoms with Crippen LogP contribution in [0.5, 0.6) is 0 Å². The highest BCUT2D eigenvalue weighted by Gasteiger charge is 2.27. The zero-order valence-corrected chi connectivity index (χ0v) is 12.4. The molecule has 0 amide bonds. The molecule has 1 N–H and O–H groups in total. The Labute approximate surface area is 118 Å². The molecule has 0 saturated heterocycles. The second kappa shape index (κ2) is 5.23. The largest absolute Gasteiger partial charge is 0.276 e. The van der Waals surface area contributed by atoms with Crippen molar-refractivity contribution in [2.75, 3.05) is 0 Å². The van der Waals surface area contributed by atoms with Gasteiger partial charge in [-0.25, -0.2) is 13.1 Å². The molecular formula is C13H16ClNO3S. The number of hydrogen-bond donors (Lipinski definition) is 1. The van der Waals surface area contributed by atoms with Crippen LogP contribution in [-0.2, 0) is 22.9 Å². The van der Waals surface area contributed by atoms with Crippen LogP contribution in [0.25, 0.3) is 0 Å². The van der Waals surface area contributed by atoms with Crippen molar-refractivity contribution in [3.05, 3.63) is 34.9 Å². The van der Waals surface area contributed by atoms with Gasteiger partial charge in [-0.3, -0.25) is 4.79 Å². The molecular weight excluding hydrogens is 286 g/mol. The highest BCUT2D eigenvalue weighted by atomic mass is 35.5. The van der Waals surface area contributed by atoms with Gasteiger partial charge >= 0.3 is 0 Å².